The molecule has 2 nitrogen and oxygen atoms in total. The van der Waals surface area contributed by atoms with Gasteiger partial charge in [-0.05, 0) is 73.7 Å². The van der Waals surface area contributed by atoms with Gasteiger partial charge in [-0.1, -0.05) is 162 Å². The Morgan fingerprint density at radius 2 is 0.757 bits per heavy atom. The van der Waals surface area contributed by atoms with Crippen molar-refractivity contribution in [2.24, 2.45) is 0 Å². The molecule has 0 saturated carbocycles. The summed E-state index contributed by atoms with van der Waals surface area (Å²) in [6.07, 6.45) is 28.3. The van der Waals surface area contributed by atoms with Crippen LogP contribution in [0.5, 0.6) is 0 Å². The van der Waals surface area contributed by atoms with Crippen molar-refractivity contribution in [3.05, 3.63) is 0 Å². The van der Waals surface area contributed by atoms with Crippen LogP contribution < -0.4 is 0 Å². The van der Waals surface area contributed by atoms with Gasteiger partial charge in [-0.15, -0.1) is 10.2 Å². The summed E-state index contributed by atoms with van der Waals surface area (Å²) < 4.78 is 2.14. The Balaban J connectivity index is 1.81. The molecule has 0 aliphatic heterocycles. The lowest BCUT2D eigenvalue weighted by Crippen LogP contribution is -1.82. The Kier molecular flexibility index (Phi) is 31.6. The molecule has 0 radical (unpaired) electrons. The summed E-state index contributed by atoms with van der Waals surface area (Å²) in [5, 5.41) is 8.68. The maximum Gasteiger partial charge on any atom is 0.186 e. The van der Waals surface area contributed by atoms with E-state index in [1.54, 1.807) is 32.9 Å². The molecule has 0 amide bonds. The fourth-order valence-electron chi connectivity index (χ4n) is 3.75. The van der Waals surface area contributed by atoms with Gasteiger partial charge in [0.15, 0.2) is 8.68 Å². The molecular formula is C26H50N2S9. The molecule has 0 aliphatic carbocycles. The Morgan fingerprint density at radius 3 is 1.11 bits per heavy atom. The van der Waals surface area contributed by atoms with Crippen LogP contribution in [-0.2, 0) is 0 Å². The fourth-order valence-corrected chi connectivity index (χ4v) is 17.4. The molecule has 1 aromatic rings. The van der Waals surface area contributed by atoms with Crippen molar-refractivity contribution in [2.45, 2.75) is 151 Å². The van der Waals surface area contributed by atoms with Crippen LogP contribution in [0.25, 0.3) is 0 Å². The second-order valence-corrected chi connectivity index (χ2v) is 22.7. The summed E-state index contributed by atoms with van der Waals surface area (Å²) >= 11 is 1.72. The summed E-state index contributed by atoms with van der Waals surface area (Å²) in [6, 6.07) is 0. The second kappa shape index (κ2) is 31.3. The maximum absolute atomic E-state index is 4.34. The van der Waals surface area contributed by atoms with E-state index in [4.69, 9.17) is 0 Å². The molecular weight excluding hydrogens is 629 g/mol. The Labute approximate surface area is 264 Å². The SMILES string of the molecule is CCCCCCCCCCCCSSSSc1nnc(SSSSCCCCCCCCCCCC)s1. The van der Waals surface area contributed by atoms with Gasteiger partial charge in [-0.3, -0.25) is 0 Å². The van der Waals surface area contributed by atoms with Gasteiger partial charge in [0.2, 0.25) is 0 Å². The van der Waals surface area contributed by atoms with Gasteiger partial charge in [0.25, 0.3) is 0 Å². The molecule has 0 aromatic carbocycles. The van der Waals surface area contributed by atoms with Crippen LogP contribution in [-0.4, -0.2) is 21.7 Å². The van der Waals surface area contributed by atoms with Crippen molar-refractivity contribution < 1.29 is 0 Å². The summed E-state index contributed by atoms with van der Waals surface area (Å²) in [6.45, 7) is 4.58. The fraction of sp³-hybridized carbons (Fsp3) is 0.923. The van der Waals surface area contributed by atoms with E-state index in [1.807, 2.05) is 60.9 Å². The Morgan fingerprint density at radius 1 is 0.432 bits per heavy atom. The molecule has 37 heavy (non-hydrogen) atoms. The van der Waals surface area contributed by atoms with Crippen molar-refractivity contribution in [2.75, 3.05) is 11.5 Å². The highest BCUT2D eigenvalue weighted by Gasteiger charge is 2.07. The molecule has 0 aliphatic rings. The van der Waals surface area contributed by atoms with E-state index in [0.29, 0.717) is 0 Å². The van der Waals surface area contributed by atoms with E-state index in [0.717, 1.165) is 8.68 Å². The topological polar surface area (TPSA) is 25.8 Å². The first kappa shape index (κ1) is 37.4. The van der Waals surface area contributed by atoms with Crippen molar-refractivity contribution in [1.29, 1.82) is 0 Å². The van der Waals surface area contributed by atoms with Crippen molar-refractivity contribution in [3.63, 3.8) is 0 Å². The summed E-state index contributed by atoms with van der Waals surface area (Å²) in [5.41, 5.74) is 0. The normalized spacial score (nSPS) is 11.5. The summed E-state index contributed by atoms with van der Waals surface area (Å²) in [4.78, 5) is 0. The van der Waals surface area contributed by atoms with E-state index in [9.17, 15) is 0 Å². The molecule has 1 heterocycles. The molecule has 1 aromatic heterocycles. The van der Waals surface area contributed by atoms with E-state index in [2.05, 4.69) is 24.0 Å². The first-order valence-electron chi connectivity index (χ1n) is 14.5. The highest BCUT2D eigenvalue weighted by Crippen LogP contribution is 2.51. The standard InChI is InChI=1S/C26H50N2S9/c1-3-5-7-9-11-13-15-17-19-21-23-29-34-36-32-25-27-28-26(31-25)33-37-35-30-24-22-20-18-16-14-12-10-8-6-4-2/h3-24H2,1-2H3. The van der Waals surface area contributed by atoms with Gasteiger partial charge in [-0.2, -0.15) is 0 Å². The van der Waals surface area contributed by atoms with E-state index < -0.39 is 0 Å². The molecule has 0 saturated heterocycles. The molecule has 0 fully saturated rings. The van der Waals surface area contributed by atoms with Crippen molar-refractivity contribution in [3.8, 4) is 0 Å². The molecule has 0 unspecified atom stereocenters. The number of nitrogens with zero attached hydrogens (tertiary/aromatic N) is 2. The maximum atomic E-state index is 4.34. The van der Waals surface area contributed by atoms with Crippen LogP contribution in [0.15, 0.2) is 8.68 Å². The quantitative estimate of drug-likeness (QED) is 0.0577. The number of hydrogen-bond donors (Lipinski definition) is 0. The number of hydrogen-bond acceptors (Lipinski definition) is 11. The molecule has 1 rings (SSSR count). The zero-order valence-corrected chi connectivity index (χ0v) is 30.5. The lowest BCUT2D eigenvalue weighted by molar-refractivity contribution is 0.563. The third-order valence-corrected chi connectivity index (χ3v) is 20.1. The monoisotopic (exact) mass is 678 g/mol. The first-order chi connectivity index (χ1) is 18.4. The summed E-state index contributed by atoms with van der Waals surface area (Å²) in [5.74, 6) is 2.52. The number of aromatic nitrogens is 2. The minimum Gasteiger partial charge on any atom is -0.130 e. The van der Waals surface area contributed by atoms with E-state index in [1.165, 1.54) is 140 Å². The first-order valence-corrected chi connectivity index (χ1v) is 25.2. The van der Waals surface area contributed by atoms with Gasteiger partial charge in [0.05, 0.1) is 0 Å². The van der Waals surface area contributed by atoms with Gasteiger partial charge in [0, 0.05) is 11.5 Å². The third kappa shape index (κ3) is 27.0. The number of unbranched alkanes of at least 4 members (excludes halogenated alkanes) is 18. The summed E-state index contributed by atoms with van der Waals surface area (Å²) in [7, 11) is 14.9. The molecule has 0 spiro atoms. The zero-order valence-electron chi connectivity index (χ0n) is 23.1. The predicted octanol–water partition coefficient (Wildman–Crippen LogP) is 14.5. The minimum absolute atomic E-state index is 1.07. The molecule has 0 bridgehead atoms. The van der Waals surface area contributed by atoms with Crippen molar-refractivity contribution in [1.82, 2.24) is 10.2 Å². The number of rotatable bonds is 30. The molecule has 218 valence electrons. The molecule has 0 N–H and O–H groups in total. The van der Waals surface area contributed by atoms with Gasteiger partial charge >= 0.3 is 0 Å². The minimum atomic E-state index is 1.07. The van der Waals surface area contributed by atoms with Crippen molar-refractivity contribution >= 4 is 93.8 Å². The van der Waals surface area contributed by atoms with Crippen LogP contribution in [0.1, 0.15) is 142 Å². The van der Waals surface area contributed by atoms with Crippen LogP contribution in [0.2, 0.25) is 0 Å². The third-order valence-electron chi connectivity index (χ3n) is 5.91. The molecule has 11 heteroatoms. The van der Waals surface area contributed by atoms with Gasteiger partial charge in [0.1, 0.15) is 0 Å². The smallest absolute Gasteiger partial charge is 0.130 e. The van der Waals surface area contributed by atoms with E-state index in [-0.39, 0.29) is 0 Å². The molecule has 0 atom stereocenters. The van der Waals surface area contributed by atoms with Crippen LogP contribution in [0.4, 0.5) is 0 Å². The lowest BCUT2D eigenvalue weighted by Gasteiger charge is -2.02. The average molecular weight is 679 g/mol. The van der Waals surface area contributed by atoms with Crippen LogP contribution in [0, 0.1) is 0 Å². The highest BCUT2D eigenvalue weighted by molar-refractivity contribution is 9.26. The van der Waals surface area contributed by atoms with Gasteiger partial charge in [-0.25, -0.2) is 0 Å². The average Bonchev–Trinajstić information content (AvgIpc) is 3.36. The lowest BCUT2D eigenvalue weighted by atomic mass is 10.1. The highest BCUT2D eigenvalue weighted by atomic mass is 33.7. The van der Waals surface area contributed by atoms with Crippen LogP contribution in [0.3, 0.4) is 0 Å². The second-order valence-electron chi connectivity index (χ2n) is 9.28. The predicted molar refractivity (Wildman–Crippen MR) is 191 cm³/mol. The zero-order chi connectivity index (χ0) is 26.5. The van der Waals surface area contributed by atoms with E-state index >= 15 is 0 Å². The largest absolute Gasteiger partial charge is 0.186 e. The Bertz CT molecular complexity index is 531. The van der Waals surface area contributed by atoms with Crippen LogP contribution >= 0.6 is 93.8 Å². The van der Waals surface area contributed by atoms with Gasteiger partial charge < -0.3 is 0 Å². The Hall–Kier alpha value is 2.36.